The fourth-order valence-electron chi connectivity index (χ4n) is 1.55. The minimum absolute atomic E-state index is 0.199. The molecule has 5 nitrogen and oxygen atoms in total. The molecule has 0 aliphatic heterocycles. The highest BCUT2D eigenvalue weighted by atomic mass is 16.5. The van der Waals surface area contributed by atoms with Gasteiger partial charge in [-0.3, -0.25) is 0 Å². The molecule has 17 heavy (non-hydrogen) atoms. The molecule has 0 fully saturated rings. The molecule has 0 atom stereocenters. The zero-order valence-electron chi connectivity index (χ0n) is 9.84. The second-order valence-electron chi connectivity index (χ2n) is 4.18. The maximum absolute atomic E-state index is 9.66. The molecular weight excluding hydrogens is 218 g/mol. The Morgan fingerprint density at radius 1 is 1.35 bits per heavy atom. The first-order valence-electron chi connectivity index (χ1n) is 5.47. The first-order valence-corrected chi connectivity index (χ1v) is 5.47. The van der Waals surface area contributed by atoms with Crippen molar-refractivity contribution in [2.75, 3.05) is 0 Å². The summed E-state index contributed by atoms with van der Waals surface area (Å²) in [6.07, 6.45) is 0. The van der Waals surface area contributed by atoms with Gasteiger partial charge in [0, 0.05) is 5.56 Å². The highest BCUT2D eigenvalue weighted by Gasteiger charge is 2.10. The molecule has 0 unspecified atom stereocenters. The number of nitrogens with two attached hydrogens (primary N) is 1. The highest BCUT2D eigenvalue weighted by Crippen LogP contribution is 2.27. The van der Waals surface area contributed by atoms with Crippen LogP contribution in [0.1, 0.15) is 31.2 Å². The van der Waals surface area contributed by atoms with Gasteiger partial charge >= 0.3 is 0 Å². The summed E-state index contributed by atoms with van der Waals surface area (Å²) < 4.78 is 4.94. The van der Waals surface area contributed by atoms with Gasteiger partial charge in [0.25, 0.3) is 0 Å². The van der Waals surface area contributed by atoms with Gasteiger partial charge in [-0.25, -0.2) is 0 Å². The van der Waals surface area contributed by atoms with Gasteiger partial charge in [-0.2, -0.15) is 4.98 Å². The number of aromatic hydroxyl groups is 1. The molecule has 0 aliphatic rings. The van der Waals surface area contributed by atoms with Crippen LogP contribution in [0.15, 0.2) is 22.7 Å². The van der Waals surface area contributed by atoms with Gasteiger partial charge in [-0.15, -0.1) is 0 Å². The van der Waals surface area contributed by atoms with Crippen molar-refractivity contribution < 1.29 is 9.63 Å². The van der Waals surface area contributed by atoms with Gasteiger partial charge in [0.1, 0.15) is 5.75 Å². The van der Waals surface area contributed by atoms with Crippen LogP contribution in [0.5, 0.6) is 5.75 Å². The summed E-state index contributed by atoms with van der Waals surface area (Å²) in [6.45, 7) is 4.32. The van der Waals surface area contributed by atoms with E-state index in [9.17, 15) is 5.11 Å². The lowest BCUT2D eigenvalue weighted by molar-refractivity contribution is 0.380. The van der Waals surface area contributed by atoms with E-state index in [1.807, 2.05) is 6.07 Å². The van der Waals surface area contributed by atoms with Crippen LogP contribution in [0, 0.1) is 0 Å². The quantitative estimate of drug-likeness (QED) is 0.847. The van der Waals surface area contributed by atoms with Crippen LogP contribution in [0.2, 0.25) is 0 Å². The molecule has 0 spiro atoms. The number of phenols is 1. The summed E-state index contributed by atoms with van der Waals surface area (Å²) in [6, 6.07) is 5.28. The fourth-order valence-corrected chi connectivity index (χ4v) is 1.55. The molecule has 2 rings (SSSR count). The van der Waals surface area contributed by atoms with Gasteiger partial charge in [0.15, 0.2) is 0 Å². The van der Waals surface area contributed by atoms with Crippen molar-refractivity contribution in [3.8, 4) is 17.1 Å². The molecule has 0 radical (unpaired) electrons. The van der Waals surface area contributed by atoms with Crippen molar-refractivity contribution >= 4 is 0 Å². The number of phenolic OH excluding ortho intramolecular Hbond substituents is 1. The van der Waals surface area contributed by atoms with E-state index in [2.05, 4.69) is 24.0 Å². The maximum Gasteiger partial charge on any atom is 0.240 e. The van der Waals surface area contributed by atoms with Crippen LogP contribution in [0.4, 0.5) is 0 Å². The Bertz CT molecular complexity index is 520. The standard InChI is InChI=1S/C12H15N3O2/c1-7(2)8-3-9(5-10(16)4-8)12-14-11(6-13)17-15-12/h3-5,7,16H,6,13H2,1-2H3. The van der Waals surface area contributed by atoms with Gasteiger partial charge in [0.05, 0.1) is 6.54 Å². The Labute approximate surface area is 99.3 Å². The van der Waals surface area contributed by atoms with E-state index in [4.69, 9.17) is 10.3 Å². The number of rotatable bonds is 3. The normalized spacial score (nSPS) is 11.1. The Morgan fingerprint density at radius 3 is 2.71 bits per heavy atom. The first kappa shape index (κ1) is 11.6. The monoisotopic (exact) mass is 233 g/mol. The third-order valence-electron chi connectivity index (χ3n) is 2.51. The van der Waals surface area contributed by atoms with Crippen LogP contribution in [-0.4, -0.2) is 15.2 Å². The van der Waals surface area contributed by atoms with Gasteiger partial charge in [-0.05, 0) is 29.7 Å². The van der Waals surface area contributed by atoms with Crippen molar-refractivity contribution in [1.82, 2.24) is 10.1 Å². The summed E-state index contributed by atoms with van der Waals surface area (Å²) in [7, 11) is 0. The molecule has 90 valence electrons. The summed E-state index contributed by atoms with van der Waals surface area (Å²) in [5, 5.41) is 13.5. The Balaban J connectivity index is 2.44. The molecule has 0 bridgehead atoms. The van der Waals surface area contributed by atoms with Crippen LogP contribution < -0.4 is 5.73 Å². The minimum atomic E-state index is 0.199. The highest BCUT2D eigenvalue weighted by molar-refractivity contribution is 5.58. The number of hydrogen-bond acceptors (Lipinski definition) is 5. The van der Waals surface area contributed by atoms with Gasteiger partial charge in [0.2, 0.25) is 11.7 Å². The van der Waals surface area contributed by atoms with Crippen molar-refractivity contribution in [1.29, 1.82) is 0 Å². The van der Waals surface area contributed by atoms with Crippen molar-refractivity contribution in [3.63, 3.8) is 0 Å². The van der Waals surface area contributed by atoms with Crippen LogP contribution in [0.3, 0.4) is 0 Å². The van der Waals surface area contributed by atoms with Gasteiger partial charge < -0.3 is 15.4 Å². The molecule has 0 amide bonds. The third kappa shape index (κ3) is 2.45. The molecule has 1 aromatic heterocycles. The van der Waals surface area contributed by atoms with E-state index < -0.39 is 0 Å². The molecule has 0 saturated heterocycles. The maximum atomic E-state index is 9.66. The average Bonchev–Trinajstić information content (AvgIpc) is 2.76. The van der Waals surface area contributed by atoms with Crippen LogP contribution >= 0.6 is 0 Å². The molecule has 0 aliphatic carbocycles. The summed E-state index contributed by atoms with van der Waals surface area (Å²) in [4.78, 5) is 4.13. The van der Waals surface area contributed by atoms with E-state index in [0.29, 0.717) is 17.6 Å². The fraction of sp³-hybridized carbons (Fsp3) is 0.333. The first-order chi connectivity index (χ1) is 8.10. The molecule has 5 heteroatoms. The molecule has 0 saturated carbocycles. The summed E-state index contributed by atoms with van der Waals surface area (Å²) in [5.41, 5.74) is 7.16. The minimum Gasteiger partial charge on any atom is -0.508 e. The topological polar surface area (TPSA) is 85.2 Å². The zero-order chi connectivity index (χ0) is 12.4. The number of benzene rings is 1. The lowest BCUT2D eigenvalue weighted by atomic mass is 10.00. The Morgan fingerprint density at radius 2 is 2.12 bits per heavy atom. The number of aromatic nitrogens is 2. The van der Waals surface area contributed by atoms with Crippen molar-refractivity contribution in [3.05, 3.63) is 29.7 Å². The lowest BCUT2D eigenvalue weighted by Crippen LogP contribution is -1.95. The Kier molecular flexibility index (Phi) is 3.10. The van der Waals surface area contributed by atoms with E-state index in [1.165, 1.54) is 0 Å². The molecule has 1 aromatic carbocycles. The average molecular weight is 233 g/mol. The second kappa shape index (κ2) is 4.55. The van der Waals surface area contributed by atoms with E-state index in [1.54, 1.807) is 12.1 Å². The van der Waals surface area contributed by atoms with Crippen molar-refractivity contribution in [2.24, 2.45) is 5.73 Å². The zero-order valence-corrected chi connectivity index (χ0v) is 9.84. The molecular formula is C12H15N3O2. The molecule has 2 aromatic rings. The summed E-state index contributed by atoms with van der Waals surface area (Å²) in [5.74, 6) is 1.35. The third-order valence-corrected chi connectivity index (χ3v) is 2.51. The summed E-state index contributed by atoms with van der Waals surface area (Å²) >= 11 is 0. The van der Waals surface area contributed by atoms with Crippen LogP contribution in [0.25, 0.3) is 11.4 Å². The van der Waals surface area contributed by atoms with E-state index in [-0.39, 0.29) is 12.3 Å². The SMILES string of the molecule is CC(C)c1cc(O)cc(-c2noc(CN)n2)c1. The predicted molar refractivity (Wildman–Crippen MR) is 63.4 cm³/mol. The van der Waals surface area contributed by atoms with E-state index >= 15 is 0 Å². The predicted octanol–water partition coefficient (Wildman–Crippen LogP) is 2.02. The smallest absolute Gasteiger partial charge is 0.240 e. The number of hydrogen-bond donors (Lipinski definition) is 2. The number of nitrogens with zero attached hydrogens (tertiary/aromatic N) is 2. The lowest BCUT2D eigenvalue weighted by Gasteiger charge is -2.07. The molecule has 3 N–H and O–H groups in total. The Hall–Kier alpha value is -1.88. The van der Waals surface area contributed by atoms with E-state index in [0.717, 1.165) is 11.1 Å². The van der Waals surface area contributed by atoms with Crippen LogP contribution in [-0.2, 0) is 6.54 Å². The second-order valence-corrected chi connectivity index (χ2v) is 4.18. The molecule has 1 heterocycles. The largest absolute Gasteiger partial charge is 0.508 e. The van der Waals surface area contributed by atoms with Crippen molar-refractivity contribution in [2.45, 2.75) is 26.3 Å². The van der Waals surface area contributed by atoms with Gasteiger partial charge in [-0.1, -0.05) is 19.0 Å².